The van der Waals surface area contributed by atoms with Gasteiger partial charge < -0.3 is 11.5 Å². The monoisotopic (exact) mass is 148 g/mol. The molecule has 0 saturated heterocycles. The summed E-state index contributed by atoms with van der Waals surface area (Å²) < 4.78 is 0. The van der Waals surface area contributed by atoms with Gasteiger partial charge in [-0.1, -0.05) is 0 Å². The van der Waals surface area contributed by atoms with E-state index in [9.17, 15) is 0 Å². The lowest BCUT2D eigenvalue weighted by Gasteiger charge is -2.05. The number of hydrogen-bond donors (Lipinski definition) is 2. The summed E-state index contributed by atoms with van der Waals surface area (Å²) in [5.41, 5.74) is 10.9. The van der Waals surface area contributed by atoms with E-state index in [1.165, 1.54) is 12.2 Å². The van der Waals surface area contributed by atoms with E-state index in [-0.39, 0.29) is 6.04 Å². The van der Waals surface area contributed by atoms with Gasteiger partial charge in [-0.25, -0.2) is 0 Å². The van der Waals surface area contributed by atoms with Gasteiger partial charge in [-0.15, -0.1) is 0 Å². The predicted molar refractivity (Wildman–Crippen MR) is 44.6 cm³/mol. The van der Waals surface area contributed by atoms with Gasteiger partial charge in [0.15, 0.2) is 0 Å². The Morgan fingerprint density at radius 1 is 1.56 bits per heavy atom. The summed E-state index contributed by atoms with van der Waals surface area (Å²) in [5, 5.41) is 0. The maximum atomic E-state index is 5.58. The van der Waals surface area contributed by atoms with Gasteiger partial charge in [-0.3, -0.25) is 0 Å². The van der Waals surface area contributed by atoms with Crippen LogP contribution in [0.1, 0.15) is 12.8 Å². The van der Waals surface area contributed by atoms with Crippen LogP contribution in [0.2, 0.25) is 0 Å². The molecule has 2 nitrogen and oxygen atoms in total. The van der Waals surface area contributed by atoms with Gasteiger partial charge in [0.2, 0.25) is 0 Å². The quantitative estimate of drug-likeness (QED) is 0.555. The molecule has 9 heavy (non-hydrogen) atoms. The van der Waals surface area contributed by atoms with E-state index >= 15 is 0 Å². The van der Waals surface area contributed by atoms with Crippen LogP contribution in [0.3, 0.4) is 0 Å². The molecule has 0 aromatic rings. The van der Waals surface area contributed by atoms with Crippen molar-refractivity contribution in [2.45, 2.75) is 18.9 Å². The Morgan fingerprint density at radius 3 is 2.67 bits per heavy atom. The van der Waals surface area contributed by atoms with E-state index in [1.54, 1.807) is 0 Å². The number of hydrogen-bond acceptors (Lipinski definition) is 3. The summed E-state index contributed by atoms with van der Waals surface area (Å²) in [7, 11) is 0. The van der Waals surface area contributed by atoms with Crippen LogP contribution >= 0.6 is 11.8 Å². The van der Waals surface area contributed by atoms with E-state index < -0.39 is 0 Å². The van der Waals surface area contributed by atoms with E-state index in [0.717, 1.165) is 6.42 Å². The molecule has 0 bridgehead atoms. The Labute approximate surface area is 61.4 Å². The first-order chi connectivity index (χ1) is 4.31. The summed E-state index contributed by atoms with van der Waals surface area (Å²) >= 11 is 1.86. The molecule has 0 spiro atoms. The fraction of sp³-hybridized carbons (Fsp3) is 1.00. The van der Waals surface area contributed by atoms with Gasteiger partial charge >= 0.3 is 0 Å². The Morgan fingerprint density at radius 2 is 2.22 bits per heavy atom. The average molecular weight is 148 g/mol. The van der Waals surface area contributed by atoms with Crippen LogP contribution in [0.5, 0.6) is 0 Å². The summed E-state index contributed by atoms with van der Waals surface area (Å²) in [5.74, 6) is 1.20. The highest BCUT2D eigenvalue weighted by Gasteiger charge is 1.96. The molecular weight excluding hydrogens is 132 g/mol. The van der Waals surface area contributed by atoms with Crippen molar-refractivity contribution in [3.63, 3.8) is 0 Å². The third-order valence-corrected chi connectivity index (χ3v) is 1.92. The molecule has 0 rings (SSSR count). The van der Waals surface area contributed by atoms with Crippen molar-refractivity contribution in [3.8, 4) is 0 Å². The number of thioether (sulfide) groups is 1. The van der Waals surface area contributed by atoms with Crippen molar-refractivity contribution in [1.82, 2.24) is 0 Å². The van der Waals surface area contributed by atoms with E-state index in [0.29, 0.717) is 6.54 Å². The third-order valence-electron chi connectivity index (χ3n) is 1.23. The fourth-order valence-electron chi connectivity index (χ4n) is 0.608. The highest BCUT2D eigenvalue weighted by molar-refractivity contribution is 7.98. The van der Waals surface area contributed by atoms with Gasteiger partial charge in [0.05, 0.1) is 0 Å². The summed E-state index contributed by atoms with van der Waals surface area (Å²) in [6.45, 7) is 0.619. The molecule has 0 aliphatic carbocycles. The summed E-state index contributed by atoms with van der Waals surface area (Å²) in [6.07, 6.45) is 4.37. The minimum Gasteiger partial charge on any atom is -0.329 e. The molecule has 4 N–H and O–H groups in total. The Balaban J connectivity index is 2.88. The zero-order valence-electron chi connectivity index (χ0n) is 5.97. The van der Waals surface area contributed by atoms with Crippen LogP contribution in [-0.2, 0) is 0 Å². The third kappa shape index (κ3) is 6.15. The highest BCUT2D eigenvalue weighted by Crippen LogP contribution is 2.00. The maximum Gasteiger partial charge on any atom is 0.0163 e. The lowest BCUT2D eigenvalue weighted by atomic mass is 10.2. The molecular formula is C6H16N2S. The van der Waals surface area contributed by atoms with Crippen LogP contribution < -0.4 is 11.5 Å². The number of rotatable bonds is 5. The van der Waals surface area contributed by atoms with Crippen molar-refractivity contribution in [2.75, 3.05) is 18.6 Å². The minimum absolute atomic E-state index is 0.220. The standard InChI is InChI=1S/C6H16N2S/c1-9-4-2-3-6(8)5-7/h6H,2-5,7-8H2,1H3. The molecule has 0 heterocycles. The van der Waals surface area contributed by atoms with E-state index in [4.69, 9.17) is 11.5 Å². The first-order valence-electron chi connectivity index (χ1n) is 3.26. The number of nitrogens with two attached hydrogens (primary N) is 2. The molecule has 56 valence electrons. The molecule has 0 aliphatic rings. The second kappa shape index (κ2) is 6.39. The lowest BCUT2D eigenvalue weighted by Crippen LogP contribution is -2.29. The molecule has 1 unspecified atom stereocenters. The predicted octanol–water partition coefficient (Wildman–Crippen LogP) is 0.416. The van der Waals surface area contributed by atoms with Crippen molar-refractivity contribution >= 4 is 11.8 Å². The smallest absolute Gasteiger partial charge is 0.0163 e. The molecule has 0 radical (unpaired) electrons. The van der Waals surface area contributed by atoms with Gasteiger partial charge in [-0.2, -0.15) is 11.8 Å². The molecule has 0 fully saturated rings. The maximum absolute atomic E-state index is 5.58. The zero-order chi connectivity index (χ0) is 7.11. The zero-order valence-corrected chi connectivity index (χ0v) is 6.79. The second-order valence-corrected chi connectivity index (χ2v) is 3.12. The molecule has 0 aromatic carbocycles. The second-order valence-electron chi connectivity index (χ2n) is 2.13. The minimum atomic E-state index is 0.220. The average Bonchev–Trinajstić information content (AvgIpc) is 1.89. The van der Waals surface area contributed by atoms with Gasteiger partial charge in [0.1, 0.15) is 0 Å². The van der Waals surface area contributed by atoms with E-state index in [1.807, 2.05) is 11.8 Å². The molecule has 3 heteroatoms. The SMILES string of the molecule is CSCCCC(N)CN. The van der Waals surface area contributed by atoms with Gasteiger partial charge in [-0.05, 0) is 24.9 Å². The van der Waals surface area contributed by atoms with Crippen LogP contribution in [0.15, 0.2) is 0 Å². The van der Waals surface area contributed by atoms with Gasteiger partial charge in [0.25, 0.3) is 0 Å². The Kier molecular flexibility index (Phi) is 6.58. The summed E-state index contributed by atoms with van der Waals surface area (Å²) in [4.78, 5) is 0. The van der Waals surface area contributed by atoms with Crippen molar-refractivity contribution < 1.29 is 0 Å². The van der Waals surface area contributed by atoms with Crippen molar-refractivity contribution in [2.24, 2.45) is 11.5 Å². The van der Waals surface area contributed by atoms with Crippen molar-refractivity contribution in [3.05, 3.63) is 0 Å². The first kappa shape index (κ1) is 9.27. The van der Waals surface area contributed by atoms with Crippen LogP contribution in [0.4, 0.5) is 0 Å². The van der Waals surface area contributed by atoms with E-state index in [2.05, 4.69) is 6.26 Å². The Hall–Kier alpha value is 0.270. The largest absolute Gasteiger partial charge is 0.329 e. The van der Waals surface area contributed by atoms with Crippen LogP contribution in [-0.4, -0.2) is 24.6 Å². The highest BCUT2D eigenvalue weighted by atomic mass is 32.2. The summed E-state index contributed by atoms with van der Waals surface area (Å²) in [6, 6.07) is 0.220. The molecule has 0 aromatic heterocycles. The molecule has 0 saturated carbocycles. The van der Waals surface area contributed by atoms with Crippen molar-refractivity contribution in [1.29, 1.82) is 0 Å². The van der Waals surface area contributed by atoms with Crippen LogP contribution in [0, 0.1) is 0 Å². The van der Waals surface area contributed by atoms with Crippen LogP contribution in [0.25, 0.3) is 0 Å². The molecule has 0 aliphatic heterocycles. The fourth-order valence-corrected chi connectivity index (χ4v) is 1.06. The Bertz CT molecular complexity index is 59.0. The topological polar surface area (TPSA) is 52.0 Å². The first-order valence-corrected chi connectivity index (χ1v) is 4.65. The molecule has 0 amide bonds. The normalized spacial score (nSPS) is 13.7. The molecule has 1 atom stereocenters. The lowest BCUT2D eigenvalue weighted by molar-refractivity contribution is 0.615. The van der Waals surface area contributed by atoms with Gasteiger partial charge in [0, 0.05) is 12.6 Å².